The van der Waals surface area contributed by atoms with Gasteiger partial charge in [0.15, 0.2) is 0 Å². The average molecular weight is 570 g/mol. The van der Waals surface area contributed by atoms with Crippen LogP contribution in [0.2, 0.25) is 5.02 Å². The Hall–Kier alpha value is -0.410. The third-order valence-electron chi connectivity index (χ3n) is 5.61. The van der Waals surface area contributed by atoms with E-state index in [-0.39, 0.29) is 42.7 Å². The van der Waals surface area contributed by atoms with E-state index < -0.39 is 10.1 Å². The Balaban J connectivity index is -0.00000106. The Kier molecular flexibility index (Phi) is 27.1. The summed E-state index contributed by atoms with van der Waals surface area (Å²) in [5.74, 6) is 0.211. The van der Waals surface area contributed by atoms with Crippen LogP contribution in [0, 0.1) is 6.92 Å². The van der Waals surface area contributed by atoms with Crippen LogP contribution in [0.15, 0.2) is 30.4 Å². The number of rotatable bonds is 19. The van der Waals surface area contributed by atoms with E-state index in [1.165, 1.54) is 70.6 Å². The first-order chi connectivity index (χ1) is 17.2. The molecule has 9 heteroatoms. The first kappa shape index (κ1) is 38.7. The molecular weight excluding hydrogens is 521 g/mol. The summed E-state index contributed by atoms with van der Waals surface area (Å²) in [6.07, 6.45) is 21.5. The molecule has 0 aliphatic carbocycles. The van der Waals surface area contributed by atoms with Crippen molar-refractivity contribution in [1.82, 2.24) is 5.32 Å². The number of unbranched alkanes of at least 4 members (excludes halogenated alkanes) is 11. The third kappa shape index (κ3) is 27.0. The van der Waals surface area contributed by atoms with E-state index in [2.05, 4.69) is 24.4 Å². The number of ether oxygens (including phenoxy) is 1. The smallest absolute Gasteiger partial charge is 1.00 e. The summed E-state index contributed by atoms with van der Waals surface area (Å²) in [4.78, 5) is 11.9. The van der Waals surface area contributed by atoms with Crippen LogP contribution in [0.3, 0.4) is 0 Å². The molecule has 0 bridgehead atoms. The Morgan fingerprint density at radius 3 is 2.03 bits per heavy atom. The molecule has 0 spiro atoms. The molecule has 6 nitrogen and oxygen atoms in total. The number of allylic oxidation sites excluding steroid dienone is 2. The molecule has 0 fully saturated rings. The van der Waals surface area contributed by atoms with Crippen molar-refractivity contribution in [3.05, 3.63) is 40.9 Å². The van der Waals surface area contributed by atoms with Crippen LogP contribution in [-0.4, -0.2) is 38.3 Å². The summed E-state index contributed by atoms with van der Waals surface area (Å²) in [6.45, 7) is 4.46. The predicted octanol–water partition coefficient (Wildman–Crippen LogP) is 4.80. The molecule has 2 N–H and O–H groups in total. The van der Waals surface area contributed by atoms with Gasteiger partial charge in [-0.3, -0.25) is 9.35 Å². The molecule has 0 aliphatic rings. The van der Waals surface area contributed by atoms with E-state index in [1.54, 1.807) is 25.2 Å². The fraction of sp³-hybridized carbons (Fsp3) is 0.679. The number of esters is 1. The van der Waals surface area contributed by atoms with Gasteiger partial charge in [-0.1, -0.05) is 82.0 Å². The summed E-state index contributed by atoms with van der Waals surface area (Å²) in [6, 6.07) is 5.31. The largest absolute Gasteiger partial charge is 1.00 e. The Morgan fingerprint density at radius 2 is 1.54 bits per heavy atom. The summed E-state index contributed by atoms with van der Waals surface area (Å²) in [5, 5.41) is 3.28. The van der Waals surface area contributed by atoms with Crippen molar-refractivity contribution in [3.63, 3.8) is 0 Å². The van der Waals surface area contributed by atoms with Crippen LogP contribution in [0.25, 0.3) is 0 Å². The standard InChI is InChI=1S/C25H39ClO2.C3H9NO3S.Na.H/c1-3-4-5-6-7-8-9-10-11-12-13-14-15-16-17-18-25(27)28-23-19-20-24(26)22(2)21-23;1-4-2-3-8(5,6)7;;/h10-11,19-21H,3-9,12-18H2,1-2H3;4H,2-3H2,1H3,(H,5,6,7);;/q;;+1;-1/b11-10-;;;. The van der Waals surface area contributed by atoms with Gasteiger partial charge in [0.1, 0.15) is 5.75 Å². The van der Waals surface area contributed by atoms with E-state index in [1.807, 2.05) is 6.92 Å². The number of carbonyl (C=O) groups is 1. The van der Waals surface area contributed by atoms with E-state index in [0.29, 0.717) is 23.7 Å². The monoisotopic (exact) mass is 569 g/mol. The van der Waals surface area contributed by atoms with Crippen molar-refractivity contribution < 1.29 is 53.5 Å². The quantitative estimate of drug-likeness (QED) is 0.0621. The minimum atomic E-state index is -3.75. The Bertz CT molecular complexity index is 841. The first-order valence-electron chi connectivity index (χ1n) is 13.4. The number of benzene rings is 1. The Labute approximate surface area is 254 Å². The third-order valence-corrected chi connectivity index (χ3v) is 6.76. The maximum Gasteiger partial charge on any atom is 1.00 e. The summed E-state index contributed by atoms with van der Waals surface area (Å²) >= 11 is 5.98. The SMILES string of the molecule is CCCCCCCC/C=C\CCCCCCCC(=O)Oc1ccc(Cl)c(C)c1.CNCCS(=O)(=O)O.[H-].[Na+]. The van der Waals surface area contributed by atoms with Crippen LogP contribution < -0.4 is 39.6 Å². The second-order valence-corrected chi connectivity index (χ2v) is 11.1. The molecule has 1 aromatic carbocycles. The van der Waals surface area contributed by atoms with Gasteiger partial charge in [0.25, 0.3) is 10.1 Å². The van der Waals surface area contributed by atoms with Crippen molar-refractivity contribution in [2.75, 3.05) is 19.3 Å². The van der Waals surface area contributed by atoms with Crippen LogP contribution >= 0.6 is 11.6 Å². The average Bonchev–Trinajstić information content (AvgIpc) is 2.82. The maximum atomic E-state index is 11.9. The molecule has 0 heterocycles. The van der Waals surface area contributed by atoms with Crippen molar-refractivity contribution in [3.8, 4) is 5.75 Å². The maximum absolute atomic E-state index is 11.9. The number of carbonyl (C=O) groups excluding carboxylic acids is 1. The van der Waals surface area contributed by atoms with Gasteiger partial charge in [0.2, 0.25) is 0 Å². The molecule has 0 aliphatic heterocycles. The van der Waals surface area contributed by atoms with Crippen molar-refractivity contribution in [1.29, 1.82) is 0 Å². The zero-order valence-electron chi connectivity index (χ0n) is 24.6. The van der Waals surface area contributed by atoms with Crippen LogP contribution in [0.4, 0.5) is 0 Å². The topological polar surface area (TPSA) is 92.7 Å². The van der Waals surface area contributed by atoms with Gasteiger partial charge in [-0.05, 0) is 69.8 Å². The second kappa shape index (κ2) is 25.8. The molecule has 210 valence electrons. The second-order valence-electron chi connectivity index (χ2n) is 9.11. The number of nitrogens with one attached hydrogen (secondary N) is 1. The molecule has 0 radical (unpaired) electrons. The van der Waals surface area contributed by atoms with Gasteiger partial charge in [-0.25, -0.2) is 0 Å². The minimum Gasteiger partial charge on any atom is -1.00 e. The van der Waals surface area contributed by atoms with Crippen molar-refractivity contribution in [2.45, 2.75) is 104 Å². The van der Waals surface area contributed by atoms with Gasteiger partial charge in [0, 0.05) is 18.0 Å². The normalized spacial score (nSPS) is 11.1. The molecule has 1 rings (SSSR count). The fourth-order valence-corrected chi connectivity index (χ4v) is 4.01. The summed E-state index contributed by atoms with van der Waals surface area (Å²) < 4.78 is 33.3. The number of halogens is 1. The number of hydrogen-bond donors (Lipinski definition) is 2. The summed E-state index contributed by atoms with van der Waals surface area (Å²) in [7, 11) is -2.13. The Morgan fingerprint density at radius 1 is 1.00 bits per heavy atom. The van der Waals surface area contributed by atoms with Gasteiger partial charge in [-0.2, -0.15) is 8.42 Å². The predicted molar refractivity (Wildman–Crippen MR) is 153 cm³/mol. The molecule has 0 aromatic heterocycles. The van der Waals surface area contributed by atoms with Gasteiger partial charge in [0.05, 0.1) is 5.75 Å². The van der Waals surface area contributed by atoms with Crippen molar-refractivity contribution >= 4 is 27.7 Å². The molecule has 37 heavy (non-hydrogen) atoms. The number of aryl methyl sites for hydroxylation is 1. The molecular formula is C28H49ClNNaO5S. The van der Waals surface area contributed by atoms with Crippen LogP contribution in [0.5, 0.6) is 5.75 Å². The van der Waals surface area contributed by atoms with Crippen molar-refractivity contribution in [2.24, 2.45) is 0 Å². The molecule has 0 unspecified atom stereocenters. The zero-order chi connectivity index (χ0) is 27.1. The van der Waals surface area contributed by atoms with Gasteiger partial charge >= 0.3 is 35.5 Å². The van der Waals surface area contributed by atoms with E-state index in [9.17, 15) is 13.2 Å². The molecule has 0 atom stereocenters. The zero-order valence-corrected chi connectivity index (χ0v) is 27.1. The van der Waals surface area contributed by atoms with Gasteiger partial charge < -0.3 is 11.5 Å². The van der Waals surface area contributed by atoms with E-state index in [0.717, 1.165) is 18.4 Å². The first-order valence-corrected chi connectivity index (χ1v) is 15.4. The van der Waals surface area contributed by atoms with Crippen LogP contribution in [0.1, 0.15) is 104 Å². The molecule has 0 saturated heterocycles. The van der Waals surface area contributed by atoms with E-state index in [4.69, 9.17) is 20.9 Å². The number of hydrogen-bond acceptors (Lipinski definition) is 5. The molecule has 0 amide bonds. The van der Waals surface area contributed by atoms with Gasteiger partial charge in [-0.15, -0.1) is 0 Å². The fourth-order valence-electron chi connectivity index (χ4n) is 3.43. The van der Waals surface area contributed by atoms with E-state index >= 15 is 0 Å². The summed E-state index contributed by atoms with van der Waals surface area (Å²) in [5.41, 5.74) is 0.924. The minimum absolute atomic E-state index is 0. The molecule has 1 aromatic rings. The molecule has 0 saturated carbocycles. The van der Waals surface area contributed by atoms with Crippen LogP contribution in [-0.2, 0) is 14.9 Å².